The van der Waals surface area contributed by atoms with E-state index in [0.717, 1.165) is 37.5 Å². The molecule has 0 N–H and O–H groups in total. The van der Waals surface area contributed by atoms with Gasteiger partial charge in [-0.25, -0.2) is 0 Å². The van der Waals surface area contributed by atoms with E-state index in [9.17, 15) is 4.79 Å². The van der Waals surface area contributed by atoms with E-state index in [1.165, 1.54) is 38.6 Å². The van der Waals surface area contributed by atoms with Crippen molar-refractivity contribution in [1.29, 1.82) is 0 Å². The number of rotatable bonds is 4. The van der Waals surface area contributed by atoms with Crippen LogP contribution in [0.15, 0.2) is 24.5 Å². The molecule has 0 aromatic carbocycles. The van der Waals surface area contributed by atoms with Gasteiger partial charge in [-0.15, -0.1) is 0 Å². The van der Waals surface area contributed by atoms with E-state index in [-0.39, 0.29) is 5.41 Å². The minimum Gasteiger partial charge on any atom is -0.338 e. The summed E-state index contributed by atoms with van der Waals surface area (Å²) >= 11 is 0. The molecular formula is C21H31N3O. The second-order valence-corrected chi connectivity index (χ2v) is 8.59. The van der Waals surface area contributed by atoms with E-state index in [4.69, 9.17) is 0 Å². The number of carbonyl (C=O) groups excluding carboxylic acids is 1. The number of amides is 1. The quantitative estimate of drug-likeness (QED) is 0.843. The van der Waals surface area contributed by atoms with E-state index in [2.05, 4.69) is 27.8 Å². The molecule has 4 heteroatoms. The number of nitrogens with zero attached hydrogens (tertiary/aromatic N) is 3. The van der Waals surface area contributed by atoms with Crippen molar-refractivity contribution in [3.8, 4) is 0 Å². The van der Waals surface area contributed by atoms with Gasteiger partial charge in [0, 0.05) is 45.1 Å². The third kappa shape index (κ3) is 3.33. The van der Waals surface area contributed by atoms with Crippen molar-refractivity contribution in [3.05, 3.63) is 30.1 Å². The van der Waals surface area contributed by atoms with Gasteiger partial charge in [-0.05, 0) is 42.7 Å². The molecule has 1 spiro atoms. The first-order valence-electron chi connectivity index (χ1n) is 10.1. The van der Waals surface area contributed by atoms with Gasteiger partial charge >= 0.3 is 0 Å². The van der Waals surface area contributed by atoms with Crippen molar-refractivity contribution < 1.29 is 4.79 Å². The lowest BCUT2D eigenvalue weighted by atomic mass is 9.78. The largest absolute Gasteiger partial charge is 0.338 e. The molecule has 25 heavy (non-hydrogen) atoms. The molecule has 136 valence electrons. The number of pyridine rings is 1. The normalized spacial score (nSPS) is 31.3. The lowest BCUT2D eigenvalue weighted by Gasteiger charge is -2.29. The van der Waals surface area contributed by atoms with Crippen molar-refractivity contribution >= 4 is 5.91 Å². The van der Waals surface area contributed by atoms with Gasteiger partial charge < -0.3 is 9.80 Å². The van der Waals surface area contributed by atoms with Crippen LogP contribution in [0.1, 0.15) is 51.0 Å². The van der Waals surface area contributed by atoms with Crippen molar-refractivity contribution in [2.45, 2.75) is 52.0 Å². The number of hydrogen-bond donors (Lipinski definition) is 0. The first-order chi connectivity index (χ1) is 12.2. The monoisotopic (exact) mass is 341 g/mol. The molecule has 4 rings (SSSR count). The zero-order chi connectivity index (χ0) is 17.3. The fourth-order valence-corrected chi connectivity index (χ4v) is 5.38. The molecule has 2 atom stereocenters. The predicted octanol–water partition coefficient (Wildman–Crippen LogP) is 3.33. The zero-order valence-electron chi connectivity index (χ0n) is 15.5. The highest BCUT2D eigenvalue weighted by atomic mass is 16.2. The minimum absolute atomic E-state index is 0.128. The van der Waals surface area contributed by atoms with E-state index in [1.54, 1.807) is 6.20 Å². The molecular weight excluding hydrogens is 310 g/mol. The SMILES string of the molecule is C[C@@H]1CN(CC2CCCCC2)C[C@]12CCN(Cc1cccnc1)C2=O. The molecule has 0 bridgehead atoms. The van der Waals surface area contributed by atoms with Crippen LogP contribution in [0.2, 0.25) is 0 Å². The number of carbonyl (C=O) groups is 1. The minimum atomic E-state index is -0.128. The van der Waals surface area contributed by atoms with E-state index in [0.29, 0.717) is 18.4 Å². The molecule has 2 aliphatic heterocycles. The maximum atomic E-state index is 13.3. The van der Waals surface area contributed by atoms with Gasteiger partial charge in [-0.2, -0.15) is 0 Å². The second kappa shape index (κ2) is 7.06. The lowest BCUT2D eigenvalue weighted by Crippen LogP contribution is -2.40. The summed E-state index contributed by atoms with van der Waals surface area (Å²) < 4.78 is 0. The van der Waals surface area contributed by atoms with Gasteiger partial charge in [0.2, 0.25) is 5.91 Å². The van der Waals surface area contributed by atoms with Gasteiger partial charge in [0.15, 0.2) is 0 Å². The average molecular weight is 341 g/mol. The van der Waals surface area contributed by atoms with Crippen LogP contribution in [0, 0.1) is 17.3 Å². The van der Waals surface area contributed by atoms with E-state index < -0.39 is 0 Å². The van der Waals surface area contributed by atoms with Gasteiger partial charge in [0.25, 0.3) is 0 Å². The highest BCUT2D eigenvalue weighted by Gasteiger charge is 2.54. The molecule has 1 saturated carbocycles. The summed E-state index contributed by atoms with van der Waals surface area (Å²) in [4.78, 5) is 22.1. The van der Waals surface area contributed by atoms with Crippen LogP contribution < -0.4 is 0 Å². The summed E-state index contributed by atoms with van der Waals surface area (Å²) in [5.74, 6) is 1.72. The Kier molecular flexibility index (Phi) is 4.81. The molecule has 1 amide bonds. The maximum Gasteiger partial charge on any atom is 0.230 e. The molecule has 1 aromatic heterocycles. The lowest BCUT2D eigenvalue weighted by molar-refractivity contribution is -0.137. The first-order valence-corrected chi connectivity index (χ1v) is 10.1. The maximum absolute atomic E-state index is 13.3. The zero-order valence-corrected chi connectivity index (χ0v) is 15.5. The molecule has 4 nitrogen and oxygen atoms in total. The third-order valence-corrected chi connectivity index (χ3v) is 6.86. The summed E-state index contributed by atoms with van der Waals surface area (Å²) in [6.45, 7) is 7.20. The molecule has 3 heterocycles. The average Bonchev–Trinajstić information content (AvgIpc) is 3.11. The molecule has 3 aliphatic rings. The van der Waals surface area contributed by atoms with Crippen LogP contribution in [-0.4, -0.2) is 46.9 Å². The van der Waals surface area contributed by atoms with Crippen molar-refractivity contribution in [2.75, 3.05) is 26.2 Å². The summed E-state index contributed by atoms with van der Waals surface area (Å²) in [5, 5.41) is 0. The van der Waals surface area contributed by atoms with Gasteiger partial charge in [-0.1, -0.05) is 32.3 Å². The fraction of sp³-hybridized carbons (Fsp3) is 0.714. The smallest absolute Gasteiger partial charge is 0.230 e. The Balaban J connectivity index is 1.40. The Hall–Kier alpha value is -1.42. The number of aromatic nitrogens is 1. The van der Waals surface area contributed by atoms with Crippen molar-refractivity contribution in [1.82, 2.24) is 14.8 Å². The Labute approximate surface area is 151 Å². The molecule has 3 fully saturated rings. The Morgan fingerprint density at radius 2 is 2.12 bits per heavy atom. The van der Waals surface area contributed by atoms with Crippen LogP contribution in [0.4, 0.5) is 0 Å². The summed E-state index contributed by atoms with van der Waals surface area (Å²) in [7, 11) is 0. The summed E-state index contributed by atoms with van der Waals surface area (Å²) in [6, 6.07) is 4.02. The Morgan fingerprint density at radius 3 is 2.88 bits per heavy atom. The number of likely N-dealkylation sites (tertiary alicyclic amines) is 2. The third-order valence-electron chi connectivity index (χ3n) is 6.86. The van der Waals surface area contributed by atoms with Crippen LogP contribution >= 0.6 is 0 Å². The van der Waals surface area contributed by atoms with Gasteiger partial charge in [0.05, 0.1) is 5.41 Å². The van der Waals surface area contributed by atoms with Crippen LogP contribution in [-0.2, 0) is 11.3 Å². The van der Waals surface area contributed by atoms with Crippen LogP contribution in [0.25, 0.3) is 0 Å². The second-order valence-electron chi connectivity index (χ2n) is 8.59. The predicted molar refractivity (Wildman–Crippen MR) is 98.9 cm³/mol. The molecule has 0 radical (unpaired) electrons. The Morgan fingerprint density at radius 1 is 1.28 bits per heavy atom. The fourth-order valence-electron chi connectivity index (χ4n) is 5.38. The molecule has 0 unspecified atom stereocenters. The topological polar surface area (TPSA) is 36.4 Å². The summed E-state index contributed by atoms with van der Waals surface area (Å²) in [5.41, 5.74) is 1.01. The van der Waals surface area contributed by atoms with E-state index >= 15 is 0 Å². The van der Waals surface area contributed by atoms with Crippen LogP contribution in [0.5, 0.6) is 0 Å². The highest BCUT2D eigenvalue weighted by molar-refractivity contribution is 5.86. The molecule has 1 aromatic rings. The van der Waals surface area contributed by atoms with Crippen molar-refractivity contribution in [2.24, 2.45) is 17.3 Å². The van der Waals surface area contributed by atoms with Gasteiger partial charge in [-0.3, -0.25) is 9.78 Å². The molecule has 2 saturated heterocycles. The first kappa shape index (κ1) is 17.0. The highest BCUT2D eigenvalue weighted by Crippen LogP contribution is 2.45. The number of hydrogen-bond acceptors (Lipinski definition) is 3. The summed E-state index contributed by atoms with van der Waals surface area (Å²) in [6.07, 6.45) is 11.7. The van der Waals surface area contributed by atoms with Gasteiger partial charge in [0.1, 0.15) is 0 Å². The Bertz CT molecular complexity index is 598. The van der Waals surface area contributed by atoms with E-state index in [1.807, 2.05) is 12.3 Å². The standard InChI is InChI=1S/C21H31N3O/c1-17-13-23(14-18-6-3-2-4-7-18)16-21(17)9-11-24(20(21)25)15-19-8-5-10-22-12-19/h5,8,10,12,17-18H,2-4,6-7,9,11,13-16H2,1H3/t17-,21-/m1/s1. The van der Waals surface area contributed by atoms with Crippen LogP contribution in [0.3, 0.4) is 0 Å². The molecule has 1 aliphatic carbocycles. The van der Waals surface area contributed by atoms with Crippen molar-refractivity contribution in [3.63, 3.8) is 0 Å².